The van der Waals surface area contributed by atoms with Crippen LogP contribution >= 0.6 is 0 Å². The maximum atomic E-state index is 6.09. The van der Waals surface area contributed by atoms with Crippen LogP contribution < -0.4 is 4.74 Å². The molecule has 2 heterocycles. The van der Waals surface area contributed by atoms with Crippen molar-refractivity contribution in [1.82, 2.24) is 19.3 Å². The molecule has 0 bridgehead atoms. The van der Waals surface area contributed by atoms with E-state index in [1.807, 2.05) is 98.7 Å². The van der Waals surface area contributed by atoms with Gasteiger partial charge in [0.2, 0.25) is 0 Å². The molecule has 0 spiro atoms. The third-order valence-electron chi connectivity index (χ3n) is 4.63. The Morgan fingerprint density at radius 1 is 0.903 bits per heavy atom. The van der Waals surface area contributed by atoms with E-state index in [-0.39, 0.29) is 0 Å². The van der Waals surface area contributed by atoms with E-state index in [2.05, 4.69) is 16.1 Å². The smallest absolute Gasteiger partial charge is 0.139 e. The van der Waals surface area contributed by atoms with Crippen LogP contribution in [0.25, 0.3) is 17.1 Å². The first-order valence-corrected chi connectivity index (χ1v) is 10.5. The van der Waals surface area contributed by atoms with Crippen LogP contribution in [0.3, 0.4) is 0 Å². The molecule has 6 heteroatoms. The molecule has 2 aromatic carbocycles. The van der Waals surface area contributed by atoms with Gasteiger partial charge in [0.25, 0.3) is 0 Å². The van der Waals surface area contributed by atoms with Gasteiger partial charge in [-0.25, -0.2) is 9.67 Å². The van der Waals surface area contributed by atoms with Crippen molar-refractivity contribution in [3.8, 4) is 28.6 Å². The number of benzene rings is 2. The summed E-state index contributed by atoms with van der Waals surface area (Å²) < 4.78 is 14.8. The zero-order valence-corrected chi connectivity index (χ0v) is 18.9. The van der Waals surface area contributed by atoms with Gasteiger partial charge < -0.3 is 14.0 Å². The molecular weight excluding hydrogens is 388 g/mol. The van der Waals surface area contributed by atoms with Crippen molar-refractivity contribution in [2.24, 2.45) is 7.05 Å². The van der Waals surface area contributed by atoms with E-state index in [9.17, 15) is 0 Å². The van der Waals surface area contributed by atoms with Crippen molar-refractivity contribution in [3.05, 3.63) is 78.4 Å². The minimum atomic E-state index is 0.770. The molecule has 0 saturated carbocycles. The van der Waals surface area contributed by atoms with Gasteiger partial charge >= 0.3 is 0 Å². The van der Waals surface area contributed by atoms with Crippen LogP contribution in [0.2, 0.25) is 0 Å². The van der Waals surface area contributed by atoms with Gasteiger partial charge in [-0.1, -0.05) is 18.2 Å². The number of hydrogen-bond donors (Lipinski definition) is 0. The molecule has 162 valence electrons. The summed E-state index contributed by atoms with van der Waals surface area (Å²) in [6.07, 6.45) is 3.72. The predicted molar refractivity (Wildman–Crippen MR) is 124 cm³/mol. The topological polar surface area (TPSA) is 54.1 Å². The van der Waals surface area contributed by atoms with Crippen molar-refractivity contribution >= 4 is 0 Å². The molecule has 6 nitrogen and oxygen atoms in total. The van der Waals surface area contributed by atoms with E-state index in [0.717, 1.165) is 53.2 Å². The lowest BCUT2D eigenvalue weighted by Gasteiger charge is -2.10. The summed E-state index contributed by atoms with van der Waals surface area (Å²) in [4.78, 5) is 4.40. The van der Waals surface area contributed by atoms with Crippen LogP contribution in [0.5, 0.6) is 11.5 Å². The average molecular weight is 419 g/mol. The van der Waals surface area contributed by atoms with Gasteiger partial charge in [0.1, 0.15) is 17.3 Å². The molecular formula is C25H30N4O2. The summed E-state index contributed by atoms with van der Waals surface area (Å²) in [7, 11) is 1.98. The second kappa shape index (κ2) is 10.6. The number of hydrogen-bond acceptors (Lipinski definition) is 4. The fraction of sp³-hybridized carbons (Fsp3) is 0.280. The summed E-state index contributed by atoms with van der Waals surface area (Å²) in [5.74, 6) is 2.45. The number of aromatic nitrogens is 4. The van der Waals surface area contributed by atoms with Gasteiger partial charge in [-0.05, 0) is 58.0 Å². The van der Waals surface area contributed by atoms with Crippen molar-refractivity contribution < 1.29 is 9.47 Å². The largest absolute Gasteiger partial charge is 0.457 e. The highest BCUT2D eigenvalue weighted by atomic mass is 16.5. The lowest BCUT2D eigenvalue weighted by Crippen LogP contribution is -1.99. The van der Waals surface area contributed by atoms with Crippen LogP contribution in [0.4, 0.5) is 0 Å². The first-order chi connectivity index (χ1) is 15.0. The van der Waals surface area contributed by atoms with Crippen molar-refractivity contribution in [1.29, 1.82) is 0 Å². The maximum Gasteiger partial charge on any atom is 0.139 e. The molecule has 0 aliphatic rings. The predicted octanol–water partition coefficient (Wildman–Crippen LogP) is 5.72. The quantitative estimate of drug-likeness (QED) is 0.402. The van der Waals surface area contributed by atoms with Gasteiger partial charge in [-0.3, -0.25) is 0 Å². The first-order valence-electron chi connectivity index (χ1n) is 10.5. The Morgan fingerprint density at radius 2 is 1.61 bits per heavy atom. The van der Waals surface area contributed by atoms with Gasteiger partial charge in [0, 0.05) is 50.0 Å². The Balaban J connectivity index is 0.000000491. The van der Waals surface area contributed by atoms with E-state index < -0.39 is 0 Å². The maximum absolute atomic E-state index is 6.09. The summed E-state index contributed by atoms with van der Waals surface area (Å²) in [6, 6.07) is 18.0. The van der Waals surface area contributed by atoms with E-state index in [1.54, 1.807) is 6.20 Å². The molecule has 0 radical (unpaired) electrons. The summed E-state index contributed by atoms with van der Waals surface area (Å²) in [5.41, 5.74) is 4.09. The molecule has 31 heavy (non-hydrogen) atoms. The Kier molecular flexibility index (Phi) is 7.62. The number of imidazole rings is 1. The average Bonchev–Trinajstić information content (AvgIpc) is 3.34. The highest BCUT2D eigenvalue weighted by molar-refractivity contribution is 5.58. The molecule has 0 saturated heterocycles. The monoisotopic (exact) mass is 418 g/mol. The molecule has 0 aliphatic carbocycles. The van der Waals surface area contributed by atoms with Crippen LogP contribution in [-0.2, 0) is 11.8 Å². The van der Waals surface area contributed by atoms with E-state index in [1.165, 1.54) is 0 Å². The Bertz CT molecular complexity index is 1110. The second-order valence-corrected chi connectivity index (χ2v) is 7.11. The number of aryl methyl sites for hydroxylation is 3. The standard InChI is InChI=1S/C21H20N4O.C4H10O/c1-15-12-16(2)25(23-15)18-7-5-9-20(14-18)26-19-8-4-6-17(13-19)21-22-10-11-24(21)3;1-3-5-4-2/h4-14H,1-3H3;3-4H2,1-2H3. The van der Waals surface area contributed by atoms with Gasteiger partial charge in [-0.15, -0.1) is 0 Å². The number of ether oxygens (including phenoxy) is 2. The van der Waals surface area contributed by atoms with Gasteiger partial charge in [0.15, 0.2) is 0 Å². The van der Waals surface area contributed by atoms with E-state index in [4.69, 9.17) is 9.47 Å². The zero-order valence-electron chi connectivity index (χ0n) is 18.9. The van der Waals surface area contributed by atoms with Crippen molar-refractivity contribution in [2.75, 3.05) is 13.2 Å². The zero-order chi connectivity index (χ0) is 22.2. The van der Waals surface area contributed by atoms with Gasteiger partial charge in [-0.2, -0.15) is 5.10 Å². The summed E-state index contributed by atoms with van der Waals surface area (Å²) >= 11 is 0. The molecule has 2 aromatic heterocycles. The second-order valence-electron chi connectivity index (χ2n) is 7.11. The third kappa shape index (κ3) is 5.83. The van der Waals surface area contributed by atoms with Crippen LogP contribution in [-0.4, -0.2) is 32.5 Å². The van der Waals surface area contributed by atoms with Gasteiger partial charge in [0.05, 0.1) is 11.4 Å². The van der Waals surface area contributed by atoms with E-state index in [0.29, 0.717) is 0 Å². The van der Waals surface area contributed by atoms with Crippen LogP contribution in [0.15, 0.2) is 67.0 Å². The number of nitrogens with zero attached hydrogens (tertiary/aromatic N) is 4. The summed E-state index contributed by atoms with van der Waals surface area (Å²) in [5, 5.41) is 4.54. The van der Waals surface area contributed by atoms with Crippen molar-refractivity contribution in [2.45, 2.75) is 27.7 Å². The molecule has 0 unspecified atom stereocenters. The molecule has 0 fully saturated rings. The minimum Gasteiger partial charge on any atom is -0.457 e. The minimum absolute atomic E-state index is 0.770. The number of rotatable bonds is 6. The molecule has 0 N–H and O–H groups in total. The molecule has 0 aliphatic heterocycles. The van der Waals surface area contributed by atoms with Crippen LogP contribution in [0.1, 0.15) is 25.2 Å². The van der Waals surface area contributed by atoms with Crippen LogP contribution in [0, 0.1) is 13.8 Å². The van der Waals surface area contributed by atoms with Crippen molar-refractivity contribution in [3.63, 3.8) is 0 Å². The highest BCUT2D eigenvalue weighted by Crippen LogP contribution is 2.27. The fourth-order valence-electron chi connectivity index (χ4n) is 3.25. The lowest BCUT2D eigenvalue weighted by atomic mass is 10.2. The Labute approximate surface area is 184 Å². The lowest BCUT2D eigenvalue weighted by molar-refractivity contribution is 0.162. The molecule has 0 atom stereocenters. The third-order valence-corrected chi connectivity index (χ3v) is 4.63. The fourth-order valence-corrected chi connectivity index (χ4v) is 3.25. The molecule has 4 aromatic rings. The Morgan fingerprint density at radius 3 is 2.19 bits per heavy atom. The summed E-state index contributed by atoms with van der Waals surface area (Å²) in [6.45, 7) is 9.71. The SMILES string of the molecule is CCOCC.Cc1cc(C)n(-c2cccc(Oc3cccc(-c4nccn4C)c3)c2)n1. The molecule has 4 rings (SSSR count). The van der Waals surface area contributed by atoms with E-state index >= 15 is 0 Å². The Hall–Kier alpha value is -3.38. The normalized spacial score (nSPS) is 10.5. The molecule has 0 amide bonds. The highest BCUT2D eigenvalue weighted by Gasteiger charge is 2.08. The first kappa shape index (κ1) is 22.3.